The third-order valence-corrected chi connectivity index (χ3v) is 9.31. The molecule has 0 saturated carbocycles. The molecule has 0 bridgehead atoms. The number of rotatable bonds is 10. The number of methoxy groups -OCH3 is 1. The van der Waals surface area contributed by atoms with Crippen molar-refractivity contribution in [3.8, 4) is 0 Å². The topological polar surface area (TPSA) is 27.7 Å². The predicted molar refractivity (Wildman–Crippen MR) is 97.7 cm³/mol. The molecular formula is C18H38O3Si. The lowest BCUT2D eigenvalue weighted by atomic mass is 9.88. The average molecular weight is 331 g/mol. The molecule has 3 nitrogen and oxygen atoms in total. The zero-order chi connectivity index (χ0) is 17.6. The molecule has 3 atom stereocenters. The van der Waals surface area contributed by atoms with Crippen LogP contribution in [-0.2, 0) is 13.9 Å². The van der Waals surface area contributed by atoms with Crippen molar-refractivity contribution in [3.05, 3.63) is 12.2 Å². The summed E-state index contributed by atoms with van der Waals surface area (Å²) in [5.74, 6) is 0.312. The molecule has 0 aliphatic carbocycles. The molecule has 0 aliphatic rings. The van der Waals surface area contributed by atoms with Crippen LogP contribution in [0.1, 0.15) is 54.4 Å². The molecule has 0 aromatic heterocycles. The highest BCUT2D eigenvalue weighted by Crippen LogP contribution is 2.40. The predicted octanol–water partition coefficient (Wildman–Crippen LogP) is 5.38. The van der Waals surface area contributed by atoms with Crippen LogP contribution in [0.3, 0.4) is 0 Å². The van der Waals surface area contributed by atoms with Crippen molar-refractivity contribution in [2.45, 2.75) is 84.7 Å². The Balaban J connectivity index is 5.30. The normalized spacial score (nSPS) is 17.1. The molecule has 22 heavy (non-hydrogen) atoms. The van der Waals surface area contributed by atoms with Crippen molar-refractivity contribution in [1.82, 2.24) is 0 Å². The maximum Gasteiger partial charge on any atom is 0.192 e. The van der Waals surface area contributed by atoms with E-state index in [9.17, 15) is 0 Å². The van der Waals surface area contributed by atoms with Gasteiger partial charge in [-0.3, -0.25) is 0 Å². The van der Waals surface area contributed by atoms with E-state index >= 15 is 0 Å². The fraction of sp³-hybridized carbons (Fsp3) is 0.889. The smallest absolute Gasteiger partial charge is 0.192 e. The molecule has 0 unspecified atom stereocenters. The zero-order valence-corrected chi connectivity index (χ0v) is 17.3. The van der Waals surface area contributed by atoms with Crippen molar-refractivity contribution in [2.24, 2.45) is 5.92 Å². The largest absolute Gasteiger partial charge is 0.410 e. The van der Waals surface area contributed by atoms with E-state index in [1.165, 1.54) is 0 Å². The lowest BCUT2D eigenvalue weighted by Crippen LogP contribution is -2.48. The van der Waals surface area contributed by atoms with Gasteiger partial charge in [-0.15, -0.1) is 0 Å². The first-order chi connectivity index (χ1) is 10.0. The third kappa shape index (κ3) is 6.15. The fourth-order valence-corrected chi connectivity index (χ4v) is 3.78. The van der Waals surface area contributed by atoms with Crippen LogP contribution < -0.4 is 0 Å². The summed E-state index contributed by atoms with van der Waals surface area (Å²) < 4.78 is 17.7. The Bertz CT molecular complexity index is 334. The van der Waals surface area contributed by atoms with Gasteiger partial charge in [0.1, 0.15) is 6.79 Å². The van der Waals surface area contributed by atoms with Gasteiger partial charge in [0.15, 0.2) is 8.32 Å². The fourth-order valence-electron chi connectivity index (χ4n) is 2.42. The Labute approximate surface area is 139 Å². The molecule has 0 saturated heterocycles. The van der Waals surface area contributed by atoms with E-state index in [4.69, 9.17) is 13.9 Å². The van der Waals surface area contributed by atoms with Gasteiger partial charge in [-0.25, -0.2) is 0 Å². The van der Waals surface area contributed by atoms with E-state index in [-0.39, 0.29) is 17.2 Å². The summed E-state index contributed by atoms with van der Waals surface area (Å²) >= 11 is 0. The second-order valence-electron chi connectivity index (χ2n) is 7.74. The van der Waals surface area contributed by atoms with Gasteiger partial charge in [0.05, 0.1) is 12.2 Å². The first kappa shape index (κ1) is 21.8. The average Bonchev–Trinajstić information content (AvgIpc) is 2.40. The first-order valence-electron chi connectivity index (χ1n) is 8.45. The third-order valence-electron chi connectivity index (χ3n) is 4.85. The molecule has 0 N–H and O–H groups in total. The van der Waals surface area contributed by atoms with Crippen molar-refractivity contribution < 1.29 is 13.9 Å². The zero-order valence-electron chi connectivity index (χ0n) is 16.3. The van der Waals surface area contributed by atoms with E-state index in [1.54, 1.807) is 7.11 Å². The molecule has 0 fully saturated rings. The van der Waals surface area contributed by atoms with Crippen LogP contribution in [0.25, 0.3) is 0 Å². The molecule has 0 spiro atoms. The van der Waals surface area contributed by atoms with E-state index in [0.717, 1.165) is 18.4 Å². The van der Waals surface area contributed by atoms with Gasteiger partial charge in [-0.2, -0.15) is 0 Å². The quantitative estimate of drug-likeness (QED) is 0.306. The van der Waals surface area contributed by atoms with Crippen LogP contribution in [0.4, 0.5) is 0 Å². The molecule has 0 rings (SSSR count). The standard InChI is InChI=1S/C18H38O3Si/c1-11-15(16(12-2)20-13-19-8)17(14(3)4)21-22(9,10)18(5,6)7/h15-17H,3,11-13H2,1-2,4-10H3/t15-,16+,17-/m0/s1. The number of hydrogen-bond acceptors (Lipinski definition) is 3. The number of ether oxygens (including phenoxy) is 2. The molecule has 0 heterocycles. The summed E-state index contributed by atoms with van der Waals surface area (Å²) in [7, 11) is -0.185. The minimum Gasteiger partial charge on any atom is -0.410 e. The van der Waals surface area contributed by atoms with E-state index in [0.29, 0.717) is 12.7 Å². The highest BCUT2D eigenvalue weighted by molar-refractivity contribution is 6.74. The first-order valence-corrected chi connectivity index (χ1v) is 11.4. The minimum atomic E-state index is -1.85. The van der Waals surface area contributed by atoms with Crippen molar-refractivity contribution >= 4 is 8.32 Å². The highest BCUT2D eigenvalue weighted by Gasteiger charge is 2.42. The summed E-state index contributed by atoms with van der Waals surface area (Å²) in [6, 6.07) is 0. The highest BCUT2D eigenvalue weighted by atomic mass is 28.4. The molecule has 0 aromatic carbocycles. The molecule has 0 amide bonds. The number of hydrogen-bond donors (Lipinski definition) is 0. The van der Waals surface area contributed by atoms with Crippen molar-refractivity contribution in [3.63, 3.8) is 0 Å². The maximum atomic E-state index is 6.70. The lowest BCUT2D eigenvalue weighted by molar-refractivity contribution is -0.106. The Morgan fingerprint density at radius 1 is 1.14 bits per heavy atom. The summed E-state index contributed by atoms with van der Waals surface area (Å²) in [4.78, 5) is 0. The molecule has 132 valence electrons. The van der Waals surface area contributed by atoms with Gasteiger partial charge in [0.2, 0.25) is 0 Å². The van der Waals surface area contributed by atoms with Gasteiger partial charge in [-0.05, 0) is 37.9 Å². The van der Waals surface area contributed by atoms with E-state index in [1.807, 2.05) is 0 Å². The van der Waals surface area contributed by atoms with Gasteiger partial charge in [0, 0.05) is 13.0 Å². The summed E-state index contributed by atoms with van der Waals surface area (Å²) in [6.07, 6.45) is 2.14. The lowest BCUT2D eigenvalue weighted by Gasteiger charge is -2.43. The molecule has 0 radical (unpaired) electrons. The van der Waals surface area contributed by atoms with Gasteiger partial charge in [-0.1, -0.05) is 46.8 Å². The minimum absolute atomic E-state index is 0.0488. The van der Waals surface area contributed by atoms with Crippen LogP contribution in [0.15, 0.2) is 12.2 Å². The molecule has 0 aromatic rings. The SMILES string of the molecule is C=C(C)[C@H](O[Si](C)(C)C(C)(C)C)[C@@H](CC)[C@@H](CC)OCOC. The second kappa shape index (κ2) is 9.21. The maximum absolute atomic E-state index is 6.70. The monoisotopic (exact) mass is 330 g/mol. The molecule has 4 heteroatoms. The van der Waals surface area contributed by atoms with Crippen molar-refractivity contribution in [2.75, 3.05) is 13.9 Å². The summed E-state index contributed by atoms with van der Waals surface area (Å²) in [5, 5.41) is 0.189. The van der Waals surface area contributed by atoms with E-state index < -0.39 is 8.32 Å². The van der Waals surface area contributed by atoms with Crippen LogP contribution in [-0.4, -0.2) is 34.4 Å². The van der Waals surface area contributed by atoms with Gasteiger partial charge in [0.25, 0.3) is 0 Å². The molecule has 0 aliphatic heterocycles. The second-order valence-corrected chi connectivity index (χ2v) is 12.5. The summed E-state index contributed by atoms with van der Waals surface area (Å²) in [5.41, 5.74) is 1.09. The Hall–Kier alpha value is -0.163. The van der Waals surface area contributed by atoms with E-state index in [2.05, 4.69) is 61.2 Å². The van der Waals surface area contributed by atoms with Gasteiger partial charge >= 0.3 is 0 Å². The van der Waals surface area contributed by atoms with Crippen molar-refractivity contribution in [1.29, 1.82) is 0 Å². The molecular weight excluding hydrogens is 292 g/mol. The Morgan fingerprint density at radius 2 is 1.68 bits per heavy atom. The van der Waals surface area contributed by atoms with Crippen LogP contribution in [0.5, 0.6) is 0 Å². The van der Waals surface area contributed by atoms with Crippen LogP contribution in [0.2, 0.25) is 18.1 Å². The Morgan fingerprint density at radius 3 is 2.00 bits per heavy atom. The summed E-state index contributed by atoms with van der Waals surface area (Å²) in [6.45, 7) is 22.4. The van der Waals surface area contributed by atoms with Gasteiger partial charge < -0.3 is 13.9 Å². The van der Waals surface area contributed by atoms with Crippen LogP contribution >= 0.6 is 0 Å². The Kier molecular flexibility index (Phi) is 9.14. The van der Waals surface area contributed by atoms with Crippen LogP contribution in [0, 0.1) is 5.92 Å².